The first-order chi connectivity index (χ1) is 17.5. The maximum Gasteiger partial charge on any atom is 0.573 e. The molecule has 3 atom stereocenters. The second-order valence-electron chi connectivity index (χ2n) is 9.57. The number of ether oxygens (including phenoxy) is 3. The Morgan fingerprint density at radius 3 is 2.16 bits per heavy atom. The molecule has 12 heteroatoms. The fraction of sp³-hybridized carbons (Fsp3) is 0.423. The van der Waals surface area contributed by atoms with Crippen LogP contribution in [0.2, 0.25) is 0 Å². The van der Waals surface area contributed by atoms with Crippen LogP contribution in [0.3, 0.4) is 0 Å². The van der Waals surface area contributed by atoms with Gasteiger partial charge in [-0.1, -0.05) is 42.5 Å². The third-order valence-electron chi connectivity index (χ3n) is 5.26. The molecule has 0 aliphatic heterocycles. The van der Waals surface area contributed by atoms with Crippen molar-refractivity contribution in [3.8, 4) is 5.75 Å². The standard InChI is InChI=1S/C26H31F3N2O7/c1-24(2,3)38-23(35)30-19(14-16-10-7-6-8-11-16)20(32)21(33)31-25(4,22(34)36-5)17-12-9-13-18(15-17)37-26(27,28)29/h6-13,15,19-20,32H,14H2,1-5H3,(H,30,35)(H,31,33)/t19-,20+,25+/m1/s1. The van der Waals surface area contributed by atoms with E-state index in [9.17, 15) is 32.7 Å². The van der Waals surface area contributed by atoms with Gasteiger partial charge in [-0.05, 0) is 57.4 Å². The lowest BCUT2D eigenvalue weighted by Crippen LogP contribution is -2.58. The van der Waals surface area contributed by atoms with Gasteiger partial charge < -0.3 is 30.0 Å². The number of hydrogen-bond acceptors (Lipinski definition) is 7. The predicted molar refractivity (Wildman–Crippen MR) is 130 cm³/mol. The number of halogens is 3. The number of rotatable bonds is 9. The smallest absolute Gasteiger partial charge is 0.467 e. The predicted octanol–water partition coefficient (Wildman–Crippen LogP) is 3.59. The zero-order valence-corrected chi connectivity index (χ0v) is 21.6. The van der Waals surface area contributed by atoms with Crippen molar-refractivity contribution in [2.45, 2.75) is 63.8 Å². The van der Waals surface area contributed by atoms with E-state index in [-0.39, 0.29) is 12.0 Å². The topological polar surface area (TPSA) is 123 Å². The third-order valence-corrected chi connectivity index (χ3v) is 5.26. The zero-order valence-electron chi connectivity index (χ0n) is 21.6. The SMILES string of the molecule is COC(=O)[C@@](C)(NC(=O)[C@@H](O)[C@@H](Cc1ccccc1)NC(=O)OC(C)(C)C)c1cccc(OC(F)(F)F)c1. The van der Waals surface area contributed by atoms with Crippen LogP contribution in [0.1, 0.15) is 38.8 Å². The molecule has 0 spiro atoms. The molecule has 0 aromatic heterocycles. The first-order valence-corrected chi connectivity index (χ1v) is 11.5. The average Bonchev–Trinajstić information content (AvgIpc) is 2.81. The van der Waals surface area contributed by atoms with E-state index in [1.807, 2.05) is 0 Å². The molecule has 3 N–H and O–H groups in total. The van der Waals surface area contributed by atoms with E-state index >= 15 is 0 Å². The number of carbonyl (C=O) groups excluding carboxylic acids is 3. The summed E-state index contributed by atoms with van der Waals surface area (Å²) in [6, 6.07) is 11.9. The summed E-state index contributed by atoms with van der Waals surface area (Å²) in [5.74, 6) is -2.76. The summed E-state index contributed by atoms with van der Waals surface area (Å²) < 4.78 is 52.1. The third kappa shape index (κ3) is 8.94. The van der Waals surface area contributed by atoms with Gasteiger partial charge in [0.1, 0.15) is 11.4 Å². The van der Waals surface area contributed by atoms with Crippen molar-refractivity contribution in [1.82, 2.24) is 10.6 Å². The van der Waals surface area contributed by atoms with E-state index in [0.29, 0.717) is 5.56 Å². The number of hydrogen-bond donors (Lipinski definition) is 3. The van der Waals surface area contributed by atoms with Crippen molar-refractivity contribution in [1.29, 1.82) is 0 Å². The summed E-state index contributed by atoms with van der Waals surface area (Å²) in [6.07, 6.45) is -7.77. The largest absolute Gasteiger partial charge is 0.573 e. The minimum atomic E-state index is -4.99. The maximum atomic E-state index is 13.2. The Labute approximate surface area is 218 Å². The van der Waals surface area contributed by atoms with Crippen LogP contribution < -0.4 is 15.4 Å². The van der Waals surface area contributed by atoms with Gasteiger partial charge in [-0.3, -0.25) is 4.79 Å². The van der Waals surface area contributed by atoms with Gasteiger partial charge in [0.2, 0.25) is 0 Å². The Morgan fingerprint density at radius 2 is 1.61 bits per heavy atom. The highest BCUT2D eigenvalue weighted by molar-refractivity contribution is 5.91. The lowest BCUT2D eigenvalue weighted by molar-refractivity contribution is -0.274. The molecule has 208 valence electrons. The van der Waals surface area contributed by atoms with Crippen LogP contribution in [0, 0.1) is 0 Å². The van der Waals surface area contributed by atoms with E-state index in [1.54, 1.807) is 51.1 Å². The van der Waals surface area contributed by atoms with E-state index in [0.717, 1.165) is 19.2 Å². The van der Waals surface area contributed by atoms with Crippen LogP contribution in [0.25, 0.3) is 0 Å². The number of benzene rings is 2. The number of amides is 2. The number of alkyl halides is 3. The van der Waals surface area contributed by atoms with E-state index in [4.69, 9.17) is 9.47 Å². The molecule has 0 saturated heterocycles. The molecule has 0 aliphatic rings. The van der Waals surface area contributed by atoms with Gasteiger partial charge in [0, 0.05) is 0 Å². The Balaban J connectivity index is 2.36. The Kier molecular flexibility index (Phi) is 9.74. The van der Waals surface area contributed by atoms with Crippen LogP contribution in [0.5, 0.6) is 5.75 Å². The first kappa shape index (κ1) is 30.4. The molecule has 9 nitrogen and oxygen atoms in total. The average molecular weight is 541 g/mol. The van der Waals surface area contributed by atoms with Crippen LogP contribution in [0.4, 0.5) is 18.0 Å². The second-order valence-corrected chi connectivity index (χ2v) is 9.57. The van der Waals surface area contributed by atoms with Gasteiger partial charge in [-0.15, -0.1) is 13.2 Å². The summed E-state index contributed by atoms with van der Waals surface area (Å²) in [4.78, 5) is 38.3. The Bertz CT molecular complexity index is 1120. The fourth-order valence-corrected chi connectivity index (χ4v) is 3.52. The molecule has 0 heterocycles. The normalized spacial score (nSPS) is 14.9. The number of alkyl carbamates (subject to hydrolysis) is 1. The van der Waals surface area contributed by atoms with Gasteiger partial charge in [-0.25, -0.2) is 9.59 Å². The van der Waals surface area contributed by atoms with Crippen molar-refractivity contribution in [3.63, 3.8) is 0 Å². The molecule has 0 fully saturated rings. The number of aliphatic hydroxyl groups excluding tert-OH is 1. The second kappa shape index (κ2) is 12.2. The van der Waals surface area contributed by atoms with Crippen molar-refractivity contribution in [2.24, 2.45) is 0 Å². The number of nitrogens with one attached hydrogen (secondary N) is 2. The summed E-state index contributed by atoms with van der Waals surface area (Å²) in [5, 5.41) is 15.8. The number of methoxy groups -OCH3 is 1. The van der Waals surface area contributed by atoms with E-state index < -0.39 is 53.4 Å². The number of esters is 1. The number of carbonyl (C=O) groups is 3. The Morgan fingerprint density at radius 1 is 0.974 bits per heavy atom. The summed E-state index contributed by atoms with van der Waals surface area (Å²) in [5.41, 5.74) is -2.32. The highest BCUT2D eigenvalue weighted by Crippen LogP contribution is 2.29. The lowest BCUT2D eigenvalue weighted by atomic mass is 9.90. The molecule has 0 radical (unpaired) electrons. The minimum Gasteiger partial charge on any atom is -0.467 e. The highest BCUT2D eigenvalue weighted by atomic mass is 19.4. The van der Waals surface area contributed by atoms with E-state index in [1.165, 1.54) is 19.1 Å². The van der Waals surface area contributed by atoms with E-state index in [2.05, 4.69) is 15.4 Å². The van der Waals surface area contributed by atoms with Gasteiger partial charge in [-0.2, -0.15) is 0 Å². The van der Waals surface area contributed by atoms with Gasteiger partial charge in [0.05, 0.1) is 13.2 Å². The van der Waals surface area contributed by atoms with Crippen molar-refractivity contribution in [3.05, 3.63) is 65.7 Å². The van der Waals surface area contributed by atoms with Crippen LogP contribution in [0.15, 0.2) is 54.6 Å². The molecule has 2 rings (SSSR count). The first-order valence-electron chi connectivity index (χ1n) is 11.5. The van der Waals surface area contributed by atoms with Gasteiger partial charge in [0.25, 0.3) is 5.91 Å². The highest BCUT2D eigenvalue weighted by Gasteiger charge is 2.42. The molecule has 0 unspecified atom stereocenters. The molecule has 2 aromatic carbocycles. The van der Waals surface area contributed by atoms with Crippen LogP contribution in [-0.2, 0) is 31.0 Å². The van der Waals surface area contributed by atoms with Gasteiger partial charge >= 0.3 is 18.4 Å². The maximum absolute atomic E-state index is 13.2. The molecular weight excluding hydrogens is 509 g/mol. The summed E-state index contributed by atoms with van der Waals surface area (Å²) in [7, 11) is 1.03. The minimum absolute atomic E-state index is 0.0124. The monoisotopic (exact) mass is 540 g/mol. The lowest BCUT2D eigenvalue weighted by Gasteiger charge is -2.32. The Hall–Kier alpha value is -3.80. The zero-order chi connectivity index (χ0) is 28.7. The quantitative estimate of drug-likeness (QED) is 0.416. The molecule has 2 amide bonds. The molecule has 38 heavy (non-hydrogen) atoms. The van der Waals surface area contributed by atoms with Gasteiger partial charge in [0.15, 0.2) is 11.6 Å². The molecule has 2 aromatic rings. The van der Waals surface area contributed by atoms with Crippen molar-refractivity contribution >= 4 is 18.0 Å². The molecular formula is C26H31F3N2O7. The number of aliphatic hydroxyl groups is 1. The van der Waals surface area contributed by atoms with Crippen molar-refractivity contribution < 1.29 is 46.9 Å². The summed E-state index contributed by atoms with van der Waals surface area (Å²) in [6.45, 7) is 6.12. The fourth-order valence-electron chi connectivity index (χ4n) is 3.52. The molecule has 0 saturated carbocycles. The molecule has 0 aliphatic carbocycles. The van der Waals surface area contributed by atoms with Crippen LogP contribution >= 0.6 is 0 Å². The van der Waals surface area contributed by atoms with Crippen molar-refractivity contribution in [2.75, 3.05) is 7.11 Å². The van der Waals surface area contributed by atoms with Crippen LogP contribution in [-0.4, -0.2) is 54.3 Å². The summed E-state index contributed by atoms with van der Waals surface area (Å²) >= 11 is 0. The molecule has 0 bridgehead atoms.